The third-order valence-electron chi connectivity index (χ3n) is 5.49. The number of amides is 1. The van der Waals surface area contributed by atoms with Crippen LogP contribution in [0.5, 0.6) is 0 Å². The van der Waals surface area contributed by atoms with Crippen molar-refractivity contribution < 1.29 is 14.3 Å². The van der Waals surface area contributed by atoms with Gasteiger partial charge in [-0.25, -0.2) is 4.39 Å². The quantitative estimate of drug-likeness (QED) is 0.768. The van der Waals surface area contributed by atoms with Crippen LogP contribution in [0.4, 0.5) is 4.39 Å². The Labute approximate surface area is 148 Å². The summed E-state index contributed by atoms with van der Waals surface area (Å²) in [4.78, 5) is 14.7. The molecular weight excluding hydrogens is 321 g/mol. The Morgan fingerprint density at radius 3 is 2.52 bits per heavy atom. The summed E-state index contributed by atoms with van der Waals surface area (Å²) in [7, 11) is 0. The summed E-state index contributed by atoms with van der Waals surface area (Å²) in [6.45, 7) is 2.65. The fourth-order valence-corrected chi connectivity index (χ4v) is 3.81. The van der Waals surface area contributed by atoms with Crippen molar-refractivity contribution in [1.29, 1.82) is 0 Å². The van der Waals surface area contributed by atoms with Gasteiger partial charge in [0.15, 0.2) is 0 Å². The highest BCUT2D eigenvalue weighted by Gasteiger charge is 2.32. The van der Waals surface area contributed by atoms with Crippen LogP contribution >= 0.6 is 0 Å². The Balaban J connectivity index is 1.41. The molecule has 138 valence electrons. The third-order valence-corrected chi connectivity index (χ3v) is 5.49. The van der Waals surface area contributed by atoms with Gasteiger partial charge in [0.05, 0.1) is 6.10 Å². The zero-order valence-corrected chi connectivity index (χ0v) is 14.5. The van der Waals surface area contributed by atoms with Crippen LogP contribution in [0.25, 0.3) is 0 Å². The number of carbonyl (C=O) groups excluding carboxylic acids is 1. The van der Waals surface area contributed by atoms with Crippen molar-refractivity contribution in [2.24, 2.45) is 11.7 Å². The van der Waals surface area contributed by atoms with Gasteiger partial charge in [-0.3, -0.25) is 9.69 Å². The highest BCUT2D eigenvalue weighted by Crippen LogP contribution is 2.24. The molecule has 25 heavy (non-hydrogen) atoms. The Kier molecular flexibility index (Phi) is 6.04. The van der Waals surface area contributed by atoms with Gasteiger partial charge in [0.2, 0.25) is 5.91 Å². The molecule has 1 aromatic rings. The lowest BCUT2D eigenvalue weighted by Crippen LogP contribution is -2.49. The summed E-state index contributed by atoms with van der Waals surface area (Å²) in [5.41, 5.74) is 6.91. The number of piperidine rings is 1. The smallest absolute Gasteiger partial charge is 0.223 e. The molecule has 1 saturated heterocycles. The van der Waals surface area contributed by atoms with E-state index in [0.717, 1.165) is 44.5 Å². The standard InChI is InChI=1S/C19H28FN3O2/c20-15-4-1-13(2-5-15)12-23-9-7-16(8-10-23)22-19(25)14-3-6-17(21)18(24)11-14/h1-2,4-5,14,16-18,24H,3,6-12,21H2,(H,22,25)/t14-,17-,18-/m0/s1. The first kappa shape index (κ1) is 18.3. The average molecular weight is 349 g/mol. The lowest BCUT2D eigenvalue weighted by Gasteiger charge is -2.34. The first-order valence-electron chi connectivity index (χ1n) is 9.22. The van der Waals surface area contributed by atoms with E-state index in [-0.39, 0.29) is 29.7 Å². The molecule has 0 spiro atoms. The van der Waals surface area contributed by atoms with E-state index >= 15 is 0 Å². The molecule has 0 aromatic heterocycles. The van der Waals surface area contributed by atoms with Crippen molar-refractivity contribution in [3.05, 3.63) is 35.6 Å². The van der Waals surface area contributed by atoms with Crippen molar-refractivity contribution in [3.63, 3.8) is 0 Å². The van der Waals surface area contributed by atoms with Gasteiger partial charge in [-0.15, -0.1) is 0 Å². The molecule has 3 rings (SSSR count). The number of nitrogens with two attached hydrogens (primary N) is 1. The lowest BCUT2D eigenvalue weighted by molar-refractivity contribution is -0.128. The molecule has 2 aliphatic rings. The molecule has 4 N–H and O–H groups in total. The number of nitrogens with one attached hydrogen (secondary N) is 1. The van der Waals surface area contributed by atoms with Crippen LogP contribution in [0.2, 0.25) is 0 Å². The summed E-state index contributed by atoms with van der Waals surface area (Å²) in [5, 5.41) is 13.0. The summed E-state index contributed by atoms with van der Waals surface area (Å²) in [6.07, 6.45) is 3.20. The molecule has 1 amide bonds. The monoisotopic (exact) mass is 349 g/mol. The van der Waals surface area contributed by atoms with Gasteiger partial charge < -0.3 is 16.2 Å². The number of rotatable bonds is 4. The second kappa shape index (κ2) is 8.25. The van der Waals surface area contributed by atoms with Crippen molar-refractivity contribution >= 4 is 5.91 Å². The molecule has 0 radical (unpaired) electrons. The van der Waals surface area contributed by atoms with Crippen LogP contribution < -0.4 is 11.1 Å². The summed E-state index contributed by atoms with van der Waals surface area (Å²) in [6, 6.07) is 6.63. The maximum absolute atomic E-state index is 13.0. The van der Waals surface area contributed by atoms with E-state index in [1.807, 2.05) is 12.1 Å². The van der Waals surface area contributed by atoms with Crippen LogP contribution in [0.1, 0.15) is 37.7 Å². The molecule has 1 aliphatic heterocycles. The molecule has 0 bridgehead atoms. The van der Waals surface area contributed by atoms with Crippen molar-refractivity contribution in [1.82, 2.24) is 10.2 Å². The van der Waals surface area contributed by atoms with Gasteiger partial charge >= 0.3 is 0 Å². The Morgan fingerprint density at radius 2 is 1.88 bits per heavy atom. The number of carbonyl (C=O) groups is 1. The number of likely N-dealkylation sites (tertiary alicyclic amines) is 1. The predicted octanol–water partition coefficient (Wildman–Crippen LogP) is 1.39. The van der Waals surface area contributed by atoms with E-state index < -0.39 is 6.10 Å². The molecule has 1 saturated carbocycles. The Bertz CT molecular complexity index is 573. The minimum Gasteiger partial charge on any atom is -0.391 e. The SMILES string of the molecule is N[C@H]1CC[C@H](C(=O)NC2CCN(Cc3ccc(F)cc3)CC2)C[C@@H]1O. The molecule has 5 nitrogen and oxygen atoms in total. The summed E-state index contributed by atoms with van der Waals surface area (Å²) >= 11 is 0. The highest BCUT2D eigenvalue weighted by molar-refractivity contribution is 5.79. The van der Waals surface area contributed by atoms with Crippen molar-refractivity contribution in [2.75, 3.05) is 13.1 Å². The maximum atomic E-state index is 13.0. The number of hydrogen-bond acceptors (Lipinski definition) is 4. The van der Waals surface area contributed by atoms with E-state index in [4.69, 9.17) is 5.73 Å². The Morgan fingerprint density at radius 1 is 1.20 bits per heavy atom. The lowest BCUT2D eigenvalue weighted by atomic mass is 9.83. The molecular formula is C19H28FN3O2. The summed E-state index contributed by atoms with van der Waals surface area (Å²) < 4.78 is 13.0. The maximum Gasteiger partial charge on any atom is 0.223 e. The van der Waals surface area contributed by atoms with Crippen LogP contribution in [-0.2, 0) is 11.3 Å². The molecule has 1 heterocycles. The topological polar surface area (TPSA) is 78.6 Å². The van der Waals surface area contributed by atoms with Gasteiger partial charge in [-0.1, -0.05) is 12.1 Å². The first-order chi connectivity index (χ1) is 12.0. The first-order valence-corrected chi connectivity index (χ1v) is 9.22. The minimum atomic E-state index is -0.568. The van der Waals surface area contributed by atoms with Crippen molar-refractivity contribution in [2.45, 2.75) is 56.8 Å². The number of nitrogens with zero attached hydrogens (tertiary/aromatic N) is 1. The van der Waals surface area contributed by atoms with E-state index in [1.165, 1.54) is 12.1 Å². The molecule has 6 heteroatoms. The zero-order chi connectivity index (χ0) is 17.8. The van der Waals surface area contributed by atoms with Crippen molar-refractivity contribution in [3.8, 4) is 0 Å². The normalized spacial score (nSPS) is 28.7. The number of hydrogen-bond donors (Lipinski definition) is 3. The fraction of sp³-hybridized carbons (Fsp3) is 0.632. The molecule has 1 aliphatic carbocycles. The predicted molar refractivity (Wildman–Crippen MR) is 94.2 cm³/mol. The average Bonchev–Trinajstić information content (AvgIpc) is 2.61. The van der Waals surface area contributed by atoms with Crippen LogP contribution in [0, 0.1) is 11.7 Å². The Hall–Kier alpha value is -1.50. The minimum absolute atomic E-state index is 0.0583. The molecule has 3 atom stereocenters. The van der Waals surface area contributed by atoms with Gasteiger partial charge in [0.25, 0.3) is 0 Å². The van der Waals surface area contributed by atoms with Crippen LogP contribution in [0.15, 0.2) is 24.3 Å². The number of aliphatic hydroxyl groups is 1. The van der Waals surface area contributed by atoms with Gasteiger partial charge in [-0.2, -0.15) is 0 Å². The zero-order valence-electron chi connectivity index (χ0n) is 14.5. The van der Waals surface area contributed by atoms with Gasteiger partial charge in [-0.05, 0) is 49.8 Å². The number of aliphatic hydroxyl groups excluding tert-OH is 1. The largest absolute Gasteiger partial charge is 0.391 e. The molecule has 1 aromatic carbocycles. The number of halogens is 1. The fourth-order valence-electron chi connectivity index (χ4n) is 3.81. The van der Waals surface area contributed by atoms with E-state index in [1.54, 1.807) is 0 Å². The number of benzene rings is 1. The van der Waals surface area contributed by atoms with E-state index in [0.29, 0.717) is 12.8 Å². The van der Waals surface area contributed by atoms with E-state index in [9.17, 15) is 14.3 Å². The second-order valence-corrected chi connectivity index (χ2v) is 7.43. The van der Waals surface area contributed by atoms with Gasteiger partial charge in [0.1, 0.15) is 5.82 Å². The van der Waals surface area contributed by atoms with Gasteiger partial charge in [0, 0.05) is 37.6 Å². The third kappa shape index (κ3) is 5.00. The second-order valence-electron chi connectivity index (χ2n) is 7.43. The van der Waals surface area contributed by atoms with Crippen LogP contribution in [0.3, 0.4) is 0 Å². The molecule has 0 unspecified atom stereocenters. The van der Waals surface area contributed by atoms with E-state index in [2.05, 4.69) is 10.2 Å². The summed E-state index contributed by atoms with van der Waals surface area (Å²) in [5.74, 6) is -0.270. The van der Waals surface area contributed by atoms with Crippen LogP contribution in [-0.4, -0.2) is 47.2 Å². The highest BCUT2D eigenvalue weighted by atomic mass is 19.1. The molecule has 2 fully saturated rings.